The Morgan fingerprint density at radius 2 is 2.00 bits per heavy atom. The van der Waals surface area contributed by atoms with Crippen molar-refractivity contribution < 1.29 is 14.4 Å². The Labute approximate surface area is 203 Å². The number of thioether (sulfide) groups is 1. The lowest BCUT2D eigenvalue weighted by atomic mass is 9.80. The van der Waals surface area contributed by atoms with Crippen LogP contribution in [0.2, 0.25) is 5.02 Å². The maximum atomic E-state index is 12.9. The van der Waals surface area contributed by atoms with Crippen molar-refractivity contribution in [3.05, 3.63) is 63.5 Å². The van der Waals surface area contributed by atoms with E-state index in [1.165, 1.54) is 11.3 Å². The topological polar surface area (TPSA) is 69.7 Å². The molecule has 2 aliphatic heterocycles. The van der Waals surface area contributed by atoms with Crippen LogP contribution in [0.4, 0.5) is 16.2 Å². The summed E-state index contributed by atoms with van der Waals surface area (Å²) in [5.74, 6) is -0.547. The van der Waals surface area contributed by atoms with Crippen molar-refractivity contribution in [2.24, 2.45) is 0 Å². The van der Waals surface area contributed by atoms with Gasteiger partial charge in [0.15, 0.2) is 0 Å². The Morgan fingerprint density at radius 3 is 2.73 bits per heavy atom. The summed E-state index contributed by atoms with van der Waals surface area (Å²) in [6, 6.07) is 12.8. The largest absolute Gasteiger partial charge is 0.369 e. The van der Waals surface area contributed by atoms with E-state index in [9.17, 15) is 14.4 Å². The first-order valence-corrected chi connectivity index (χ1v) is 11.9. The molecule has 0 spiro atoms. The molecule has 2 aromatic carbocycles. The third kappa shape index (κ3) is 4.80. The number of amides is 3. The second-order valence-electron chi connectivity index (χ2n) is 9.12. The minimum absolute atomic E-state index is 0.0717. The molecule has 1 unspecified atom stereocenters. The van der Waals surface area contributed by atoms with Crippen LogP contribution in [-0.2, 0) is 9.59 Å². The minimum Gasteiger partial charge on any atom is -0.369 e. The van der Waals surface area contributed by atoms with E-state index in [4.69, 9.17) is 11.6 Å². The number of carbonyl (C=O) groups is 3. The molecule has 1 N–H and O–H groups in total. The van der Waals surface area contributed by atoms with Crippen LogP contribution < -0.4 is 10.2 Å². The number of carbonyl (C=O) groups excluding carboxylic acids is 3. The Kier molecular flexibility index (Phi) is 6.29. The second kappa shape index (κ2) is 8.88. The predicted molar refractivity (Wildman–Crippen MR) is 135 cm³/mol. The Balaban J connectivity index is 1.50. The Morgan fingerprint density at radius 1 is 1.24 bits per heavy atom. The van der Waals surface area contributed by atoms with Gasteiger partial charge in [-0.3, -0.25) is 19.3 Å². The summed E-state index contributed by atoms with van der Waals surface area (Å²) in [7, 11) is 2.10. The van der Waals surface area contributed by atoms with Crippen molar-refractivity contribution in [2.45, 2.75) is 38.6 Å². The number of rotatable bonds is 4. The third-order valence-electron chi connectivity index (χ3n) is 6.24. The molecule has 0 bridgehead atoms. The number of hydrogen-bond acceptors (Lipinski definition) is 5. The fraction of sp³-hybridized carbons (Fsp3) is 0.320. The molecule has 6 nitrogen and oxygen atoms in total. The number of hydrogen-bond donors (Lipinski definition) is 1. The standard InChI is InChI=1S/C25H26ClN3O3S/c1-15-13-25(2,3)28(4)20-9-8-16(10-19(15)20)11-21-23(31)29(24(32)33-21)14-22(30)27-18-7-5-6-17(26)12-18/h5-12,15H,13-14H2,1-4H3,(H,27,30)/b21-11-. The van der Waals surface area contributed by atoms with Gasteiger partial charge >= 0.3 is 0 Å². The van der Waals surface area contributed by atoms with Gasteiger partial charge in [0.05, 0.1) is 4.91 Å². The average molecular weight is 484 g/mol. The average Bonchev–Trinajstić information content (AvgIpc) is 2.99. The summed E-state index contributed by atoms with van der Waals surface area (Å²) in [6.07, 6.45) is 2.75. The number of halogens is 1. The van der Waals surface area contributed by atoms with Gasteiger partial charge in [0.2, 0.25) is 5.91 Å². The molecule has 1 atom stereocenters. The van der Waals surface area contributed by atoms with Crippen LogP contribution in [0.15, 0.2) is 47.4 Å². The summed E-state index contributed by atoms with van der Waals surface area (Å²) in [5, 5.41) is 2.69. The maximum absolute atomic E-state index is 12.9. The molecule has 8 heteroatoms. The van der Waals surface area contributed by atoms with E-state index in [-0.39, 0.29) is 12.1 Å². The number of nitrogens with one attached hydrogen (secondary N) is 1. The molecule has 4 rings (SSSR count). The highest BCUT2D eigenvalue weighted by Gasteiger charge is 2.37. The van der Waals surface area contributed by atoms with Crippen molar-refractivity contribution in [2.75, 3.05) is 23.8 Å². The van der Waals surface area contributed by atoms with Gasteiger partial charge in [0, 0.05) is 29.0 Å². The normalized spacial score (nSPS) is 20.9. The van der Waals surface area contributed by atoms with Gasteiger partial charge in [-0.2, -0.15) is 0 Å². The molecule has 2 aliphatic rings. The van der Waals surface area contributed by atoms with E-state index in [0.717, 1.165) is 28.6 Å². The van der Waals surface area contributed by atoms with E-state index in [1.54, 1.807) is 30.3 Å². The number of benzene rings is 2. The second-order valence-corrected chi connectivity index (χ2v) is 10.6. The van der Waals surface area contributed by atoms with Crippen LogP contribution in [0, 0.1) is 0 Å². The van der Waals surface area contributed by atoms with Gasteiger partial charge in [-0.1, -0.05) is 30.7 Å². The van der Waals surface area contributed by atoms with Gasteiger partial charge in [-0.25, -0.2) is 0 Å². The van der Waals surface area contributed by atoms with Gasteiger partial charge in [0.25, 0.3) is 11.1 Å². The Hall–Kier alpha value is -2.77. The fourth-order valence-electron chi connectivity index (χ4n) is 4.38. The Bertz CT molecular complexity index is 1180. The number of fused-ring (bicyclic) bond motifs is 1. The van der Waals surface area contributed by atoms with E-state index in [0.29, 0.717) is 21.5 Å². The van der Waals surface area contributed by atoms with Crippen LogP contribution in [0.25, 0.3) is 6.08 Å². The maximum Gasteiger partial charge on any atom is 0.294 e. The molecule has 33 heavy (non-hydrogen) atoms. The highest BCUT2D eigenvalue weighted by molar-refractivity contribution is 8.18. The summed E-state index contributed by atoms with van der Waals surface area (Å²) in [4.78, 5) is 41.3. The van der Waals surface area contributed by atoms with Gasteiger partial charge in [0.1, 0.15) is 6.54 Å². The molecule has 0 saturated carbocycles. The molecule has 1 saturated heterocycles. The summed E-state index contributed by atoms with van der Waals surface area (Å²) in [5.41, 5.74) is 3.85. The van der Waals surface area contributed by atoms with Gasteiger partial charge in [-0.15, -0.1) is 0 Å². The molecule has 0 aromatic heterocycles. The molecule has 2 aromatic rings. The molecule has 2 heterocycles. The lowest BCUT2D eigenvalue weighted by Crippen LogP contribution is -2.45. The number of imide groups is 1. The monoisotopic (exact) mass is 483 g/mol. The van der Waals surface area contributed by atoms with Crippen molar-refractivity contribution in [1.29, 1.82) is 0 Å². The zero-order valence-electron chi connectivity index (χ0n) is 19.0. The molecule has 0 aliphatic carbocycles. The van der Waals surface area contributed by atoms with E-state index >= 15 is 0 Å². The molecular formula is C25H26ClN3O3S. The first kappa shape index (κ1) is 23.4. The summed E-state index contributed by atoms with van der Waals surface area (Å²) in [6.45, 7) is 6.33. The number of nitrogens with zero attached hydrogens (tertiary/aromatic N) is 2. The van der Waals surface area contributed by atoms with Crippen LogP contribution in [0.5, 0.6) is 0 Å². The van der Waals surface area contributed by atoms with Crippen molar-refractivity contribution in [1.82, 2.24) is 4.90 Å². The number of anilines is 2. The molecule has 0 radical (unpaired) electrons. The fourth-order valence-corrected chi connectivity index (χ4v) is 5.41. The molecular weight excluding hydrogens is 458 g/mol. The molecule has 1 fully saturated rings. The lowest BCUT2D eigenvalue weighted by Gasteiger charge is -2.45. The van der Waals surface area contributed by atoms with E-state index in [1.807, 2.05) is 6.07 Å². The smallest absolute Gasteiger partial charge is 0.294 e. The van der Waals surface area contributed by atoms with Crippen molar-refractivity contribution in [3.63, 3.8) is 0 Å². The highest BCUT2D eigenvalue weighted by atomic mass is 35.5. The summed E-state index contributed by atoms with van der Waals surface area (Å²) >= 11 is 6.79. The SMILES string of the molecule is CC1CC(C)(C)N(C)c2ccc(/C=C3\SC(=O)N(CC(=O)Nc4cccc(Cl)c4)C3=O)cc21. The lowest BCUT2D eigenvalue weighted by molar-refractivity contribution is -0.127. The van der Waals surface area contributed by atoms with Crippen molar-refractivity contribution >= 4 is 57.9 Å². The van der Waals surface area contributed by atoms with Crippen LogP contribution in [0.3, 0.4) is 0 Å². The minimum atomic E-state index is -0.464. The highest BCUT2D eigenvalue weighted by Crippen LogP contribution is 2.43. The van der Waals surface area contributed by atoms with Crippen LogP contribution in [-0.4, -0.2) is 41.1 Å². The molecule has 172 valence electrons. The first-order valence-electron chi connectivity index (χ1n) is 10.7. The van der Waals surface area contributed by atoms with Gasteiger partial charge in [-0.05, 0) is 85.5 Å². The third-order valence-corrected chi connectivity index (χ3v) is 7.38. The van der Waals surface area contributed by atoms with E-state index in [2.05, 4.69) is 50.2 Å². The molecule has 3 amide bonds. The van der Waals surface area contributed by atoms with Crippen LogP contribution >= 0.6 is 23.4 Å². The van der Waals surface area contributed by atoms with Crippen LogP contribution in [0.1, 0.15) is 44.2 Å². The summed E-state index contributed by atoms with van der Waals surface area (Å²) < 4.78 is 0. The zero-order chi connectivity index (χ0) is 23.9. The van der Waals surface area contributed by atoms with Crippen molar-refractivity contribution in [3.8, 4) is 0 Å². The first-order chi connectivity index (χ1) is 15.5. The predicted octanol–water partition coefficient (Wildman–Crippen LogP) is 5.74. The van der Waals surface area contributed by atoms with Gasteiger partial charge < -0.3 is 10.2 Å². The van der Waals surface area contributed by atoms with E-state index < -0.39 is 17.1 Å². The zero-order valence-corrected chi connectivity index (χ0v) is 20.6. The quantitative estimate of drug-likeness (QED) is 0.562.